The molecule has 2 unspecified atom stereocenters. The standard InChI is InChI=1S/C29H27FN8O4/c1-2-36-13-18-3-5-20(11-21(18)29(36)42)34-28(41)24-10-19(30)14-37(24)25(39)15-38-23-6-4-16(17-7-8-32-33-12-17)9-22(23)26(35-38)27(31)40/h3-9,11-12,19,24H,2,10,13-15H2,1H3,(H2,31,40)(H,34,41). The number of benzene rings is 2. The van der Waals surface area contributed by atoms with Crippen LogP contribution >= 0.6 is 0 Å². The number of hydrogen-bond acceptors (Lipinski definition) is 7. The van der Waals surface area contributed by atoms with Crippen LogP contribution in [0.25, 0.3) is 22.0 Å². The summed E-state index contributed by atoms with van der Waals surface area (Å²) in [4.78, 5) is 54.4. The van der Waals surface area contributed by atoms with Gasteiger partial charge in [0.05, 0.1) is 24.5 Å². The molecule has 214 valence electrons. The second-order valence-corrected chi connectivity index (χ2v) is 10.3. The Morgan fingerprint density at radius 2 is 1.93 bits per heavy atom. The number of nitrogens with one attached hydrogen (secondary N) is 1. The van der Waals surface area contributed by atoms with Crippen LogP contribution in [0.4, 0.5) is 10.1 Å². The minimum atomic E-state index is -1.39. The Bertz CT molecular complexity index is 1740. The van der Waals surface area contributed by atoms with Gasteiger partial charge in [-0.15, -0.1) is 0 Å². The Hall–Kier alpha value is -5.20. The lowest BCUT2D eigenvalue weighted by Crippen LogP contribution is -2.44. The molecule has 2 aliphatic rings. The minimum Gasteiger partial charge on any atom is -0.364 e. The number of halogens is 1. The highest BCUT2D eigenvalue weighted by Gasteiger charge is 2.40. The third-order valence-electron chi connectivity index (χ3n) is 7.70. The van der Waals surface area contributed by atoms with Gasteiger partial charge in [0.25, 0.3) is 11.8 Å². The summed E-state index contributed by atoms with van der Waals surface area (Å²) in [7, 11) is 0. The van der Waals surface area contributed by atoms with Crippen molar-refractivity contribution in [3.63, 3.8) is 0 Å². The number of anilines is 1. The zero-order valence-corrected chi connectivity index (χ0v) is 22.7. The quantitative estimate of drug-likeness (QED) is 0.345. The number of aromatic nitrogens is 4. The van der Waals surface area contributed by atoms with Crippen molar-refractivity contribution >= 4 is 40.2 Å². The van der Waals surface area contributed by atoms with Gasteiger partial charge in [0.1, 0.15) is 18.8 Å². The fourth-order valence-corrected chi connectivity index (χ4v) is 5.57. The van der Waals surface area contributed by atoms with Crippen molar-refractivity contribution in [3.05, 3.63) is 71.7 Å². The van der Waals surface area contributed by atoms with Gasteiger partial charge in [0.15, 0.2) is 5.69 Å². The molecule has 0 saturated carbocycles. The summed E-state index contributed by atoms with van der Waals surface area (Å²) in [5.41, 5.74) is 9.33. The van der Waals surface area contributed by atoms with Gasteiger partial charge in [-0.2, -0.15) is 15.3 Å². The Morgan fingerprint density at radius 1 is 1.10 bits per heavy atom. The van der Waals surface area contributed by atoms with Gasteiger partial charge in [-0.3, -0.25) is 23.9 Å². The third kappa shape index (κ3) is 4.82. The number of carbonyl (C=O) groups excluding carboxylic acids is 4. The Balaban J connectivity index is 1.22. The van der Waals surface area contributed by atoms with E-state index in [2.05, 4.69) is 20.6 Å². The Kier molecular flexibility index (Phi) is 6.85. The van der Waals surface area contributed by atoms with Crippen molar-refractivity contribution in [2.45, 2.75) is 38.6 Å². The number of alkyl halides is 1. The first-order chi connectivity index (χ1) is 20.2. The molecular weight excluding hydrogens is 543 g/mol. The number of rotatable bonds is 7. The molecule has 42 heavy (non-hydrogen) atoms. The first-order valence-corrected chi connectivity index (χ1v) is 13.5. The summed E-state index contributed by atoms with van der Waals surface area (Å²) in [5.74, 6) is -1.98. The maximum Gasteiger partial charge on any atom is 0.269 e. The van der Waals surface area contributed by atoms with Crippen LogP contribution in [0, 0.1) is 0 Å². The molecule has 0 spiro atoms. The minimum absolute atomic E-state index is 0.0199. The molecule has 3 N–H and O–H groups in total. The number of amides is 4. The molecular formula is C29H27FN8O4. The molecule has 4 heterocycles. The van der Waals surface area contributed by atoms with E-state index in [1.54, 1.807) is 59.8 Å². The summed E-state index contributed by atoms with van der Waals surface area (Å²) in [6, 6.07) is 11.0. The summed E-state index contributed by atoms with van der Waals surface area (Å²) in [6.07, 6.45) is 1.56. The van der Waals surface area contributed by atoms with Crippen LogP contribution in [0.3, 0.4) is 0 Å². The van der Waals surface area contributed by atoms with E-state index in [9.17, 15) is 23.6 Å². The summed E-state index contributed by atoms with van der Waals surface area (Å²) in [6.45, 7) is 2.38. The van der Waals surface area contributed by atoms with Crippen molar-refractivity contribution in [2.75, 3.05) is 18.4 Å². The number of fused-ring (bicyclic) bond motifs is 2. The lowest BCUT2D eigenvalue weighted by molar-refractivity contribution is -0.137. The number of nitrogens with zero attached hydrogens (tertiary/aromatic N) is 6. The average molecular weight is 571 g/mol. The average Bonchev–Trinajstić information content (AvgIpc) is 3.66. The lowest BCUT2D eigenvalue weighted by atomic mass is 10.0. The van der Waals surface area contributed by atoms with E-state index in [1.165, 1.54) is 9.58 Å². The number of carbonyl (C=O) groups is 4. The van der Waals surface area contributed by atoms with Gasteiger partial charge >= 0.3 is 0 Å². The summed E-state index contributed by atoms with van der Waals surface area (Å²) in [5, 5.41) is 15.1. The first kappa shape index (κ1) is 27.0. The smallest absolute Gasteiger partial charge is 0.269 e. The molecule has 12 nitrogen and oxygen atoms in total. The molecule has 6 rings (SSSR count). The fraction of sp³-hybridized carbons (Fsp3) is 0.276. The zero-order chi connectivity index (χ0) is 29.5. The van der Waals surface area contributed by atoms with Gasteiger partial charge in [-0.25, -0.2) is 4.39 Å². The highest BCUT2D eigenvalue weighted by Crippen LogP contribution is 2.29. The maximum absolute atomic E-state index is 14.6. The second-order valence-electron chi connectivity index (χ2n) is 10.3. The third-order valence-corrected chi connectivity index (χ3v) is 7.70. The lowest BCUT2D eigenvalue weighted by Gasteiger charge is -2.24. The highest BCUT2D eigenvalue weighted by atomic mass is 19.1. The number of primary amides is 1. The molecule has 2 atom stereocenters. The molecule has 0 radical (unpaired) electrons. The maximum atomic E-state index is 14.6. The number of nitrogens with two attached hydrogens (primary N) is 1. The Labute approximate surface area is 239 Å². The van der Waals surface area contributed by atoms with Gasteiger partial charge < -0.3 is 20.9 Å². The largest absolute Gasteiger partial charge is 0.364 e. The summed E-state index contributed by atoms with van der Waals surface area (Å²) >= 11 is 0. The molecule has 0 bridgehead atoms. The van der Waals surface area contributed by atoms with E-state index >= 15 is 0 Å². The topological polar surface area (TPSA) is 156 Å². The van der Waals surface area contributed by atoms with Gasteiger partial charge in [0, 0.05) is 41.7 Å². The number of hydrogen-bond donors (Lipinski definition) is 2. The molecule has 4 amide bonds. The second kappa shape index (κ2) is 10.7. The predicted molar refractivity (Wildman–Crippen MR) is 150 cm³/mol. The molecule has 0 aliphatic carbocycles. The van der Waals surface area contributed by atoms with Gasteiger partial charge in [-0.05, 0) is 48.4 Å². The Morgan fingerprint density at radius 3 is 2.67 bits per heavy atom. The van der Waals surface area contributed by atoms with Crippen LogP contribution in [-0.4, -0.2) is 78.7 Å². The highest BCUT2D eigenvalue weighted by molar-refractivity contribution is 6.06. The normalized spacial score (nSPS) is 18.0. The van der Waals surface area contributed by atoms with Gasteiger partial charge in [0.2, 0.25) is 11.8 Å². The fourth-order valence-electron chi connectivity index (χ4n) is 5.57. The van der Waals surface area contributed by atoms with Crippen molar-refractivity contribution in [3.8, 4) is 11.1 Å². The van der Waals surface area contributed by atoms with E-state index in [0.29, 0.717) is 35.2 Å². The van der Waals surface area contributed by atoms with E-state index < -0.39 is 29.9 Å². The molecule has 4 aromatic rings. The van der Waals surface area contributed by atoms with Crippen molar-refractivity contribution in [1.82, 2.24) is 29.8 Å². The van der Waals surface area contributed by atoms with Crippen LogP contribution in [0.15, 0.2) is 54.9 Å². The predicted octanol–water partition coefficient (Wildman–Crippen LogP) is 2.15. The van der Waals surface area contributed by atoms with E-state index in [-0.39, 0.29) is 31.1 Å². The van der Waals surface area contributed by atoms with E-state index in [1.807, 2.05) is 6.92 Å². The van der Waals surface area contributed by atoms with Crippen LogP contribution < -0.4 is 11.1 Å². The summed E-state index contributed by atoms with van der Waals surface area (Å²) < 4.78 is 15.9. The van der Waals surface area contributed by atoms with Crippen LogP contribution in [0.5, 0.6) is 0 Å². The number of likely N-dealkylation sites (tertiary alicyclic amines) is 1. The van der Waals surface area contributed by atoms with E-state index in [4.69, 9.17) is 5.73 Å². The monoisotopic (exact) mass is 570 g/mol. The molecule has 13 heteroatoms. The van der Waals surface area contributed by atoms with Gasteiger partial charge in [-0.1, -0.05) is 12.1 Å². The molecule has 1 fully saturated rings. The molecule has 2 aliphatic heterocycles. The molecule has 2 aromatic heterocycles. The van der Waals surface area contributed by atoms with Crippen LogP contribution in [0.1, 0.15) is 39.8 Å². The van der Waals surface area contributed by atoms with Crippen LogP contribution in [0.2, 0.25) is 0 Å². The zero-order valence-electron chi connectivity index (χ0n) is 22.7. The first-order valence-electron chi connectivity index (χ1n) is 13.5. The SMILES string of the molecule is CCN1Cc2ccc(NC(=O)C3CC(F)CN3C(=O)Cn3nc(C(N)=O)c4cc(-c5ccnnc5)ccc43)cc2C1=O. The van der Waals surface area contributed by atoms with E-state index in [0.717, 1.165) is 16.7 Å². The molecule has 2 aromatic carbocycles. The van der Waals surface area contributed by atoms with Crippen molar-refractivity contribution in [2.24, 2.45) is 5.73 Å². The van der Waals surface area contributed by atoms with Crippen molar-refractivity contribution in [1.29, 1.82) is 0 Å². The van der Waals surface area contributed by atoms with Crippen molar-refractivity contribution < 1.29 is 23.6 Å². The van der Waals surface area contributed by atoms with Crippen LogP contribution in [-0.2, 0) is 22.7 Å². The molecule has 1 saturated heterocycles.